The van der Waals surface area contributed by atoms with Crippen LogP contribution in [0.1, 0.15) is 16.7 Å². The molecule has 0 unspecified atom stereocenters. The first kappa shape index (κ1) is 9.06. The highest BCUT2D eigenvalue weighted by Crippen LogP contribution is 2.28. The Morgan fingerprint density at radius 1 is 0.765 bits per heavy atom. The topological polar surface area (TPSA) is 4.93 Å². The Labute approximate surface area is 100 Å². The second kappa shape index (κ2) is 3.24. The minimum Gasteiger partial charge on any atom is -0.343 e. The van der Waals surface area contributed by atoms with Crippen molar-refractivity contribution in [2.45, 2.75) is 13.0 Å². The number of nitrogens with zero attached hydrogens (tertiary/aromatic N) is 1. The molecule has 17 heavy (non-hydrogen) atoms. The van der Waals surface area contributed by atoms with E-state index in [1.807, 2.05) is 0 Å². The van der Waals surface area contributed by atoms with Gasteiger partial charge in [-0.25, -0.2) is 0 Å². The van der Waals surface area contributed by atoms with E-state index in [0.717, 1.165) is 13.0 Å². The SMILES string of the molecule is c1ccc2c(c1)Cc1cccc3ccn(c13)C2. The molecule has 1 aliphatic rings. The largest absolute Gasteiger partial charge is 0.343 e. The van der Waals surface area contributed by atoms with E-state index in [-0.39, 0.29) is 0 Å². The molecular formula is C16H13N. The molecule has 0 aliphatic carbocycles. The normalized spacial score (nSPS) is 13.4. The summed E-state index contributed by atoms with van der Waals surface area (Å²) in [5.41, 5.74) is 5.76. The van der Waals surface area contributed by atoms with Crippen molar-refractivity contribution in [2.75, 3.05) is 0 Å². The molecule has 82 valence electrons. The number of benzene rings is 2. The van der Waals surface area contributed by atoms with E-state index in [9.17, 15) is 0 Å². The summed E-state index contributed by atoms with van der Waals surface area (Å²) >= 11 is 0. The molecule has 2 heterocycles. The molecule has 0 N–H and O–H groups in total. The van der Waals surface area contributed by atoms with E-state index >= 15 is 0 Å². The average Bonchev–Trinajstić information content (AvgIpc) is 2.68. The number of fused-ring (bicyclic) bond motifs is 1. The maximum absolute atomic E-state index is 2.37. The standard InChI is InChI=1S/C16H13N/c1-2-5-15-11-17-9-8-12-6-3-7-14(16(12)17)10-13(15)4-1/h1-9H,10-11H2. The second-order valence-electron chi connectivity index (χ2n) is 4.74. The van der Waals surface area contributed by atoms with Crippen LogP contribution in [-0.4, -0.2) is 4.57 Å². The predicted molar refractivity (Wildman–Crippen MR) is 70.3 cm³/mol. The zero-order valence-electron chi connectivity index (χ0n) is 9.56. The van der Waals surface area contributed by atoms with E-state index in [0.29, 0.717) is 0 Å². The van der Waals surface area contributed by atoms with Crippen LogP contribution in [-0.2, 0) is 13.0 Å². The molecule has 0 spiro atoms. The highest BCUT2D eigenvalue weighted by Gasteiger charge is 2.14. The van der Waals surface area contributed by atoms with Gasteiger partial charge in [0.1, 0.15) is 0 Å². The molecule has 1 aromatic heterocycles. The van der Waals surface area contributed by atoms with Crippen LogP contribution in [0, 0.1) is 0 Å². The smallest absolute Gasteiger partial charge is 0.0519 e. The van der Waals surface area contributed by atoms with Crippen LogP contribution >= 0.6 is 0 Å². The monoisotopic (exact) mass is 219 g/mol. The van der Waals surface area contributed by atoms with Crippen molar-refractivity contribution in [3.63, 3.8) is 0 Å². The third-order valence-corrected chi connectivity index (χ3v) is 3.71. The number of hydrogen-bond acceptors (Lipinski definition) is 0. The zero-order chi connectivity index (χ0) is 11.2. The molecule has 0 saturated carbocycles. The minimum atomic E-state index is 0.997. The van der Waals surface area contributed by atoms with Crippen LogP contribution in [0.3, 0.4) is 0 Å². The lowest BCUT2D eigenvalue weighted by atomic mass is 10.00. The lowest BCUT2D eigenvalue weighted by Crippen LogP contribution is -1.97. The molecule has 0 atom stereocenters. The summed E-state index contributed by atoms with van der Waals surface area (Å²) in [4.78, 5) is 0. The Bertz CT molecular complexity index is 691. The van der Waals surface area contributed by atoms with Crippen molar-refractivity contribution in [3.05, 3.63) is 71.4 Å². The van der Waals surface area contributed by atoms with E-state index < -0.39 is 0 Å². The fourth-order valence-corrected chi connectivity index (χ4v) is 2.89. The van der Waals surface area contributed by atoms with Crippen molar-refractivity contribution in [1.29, 1.82) is 0 Å². The molecule has 1 heteroatoms. The van der Waals surface area contributed by atoms with Crippen molar-refractivity contribution in [1.82, 2.24) is 4.57 Å². The third kappa shape index (κ3) is 1.26. The highest BCUT2D eigenvalue weighted by molar-refractivity contribution is 5.84. The van der Waals surface area contributed by atoms with Crippen LogP contribution in [0.2, 0.25) is 0 Å². The van der Waals surface area contributed by atoms with Crippen molar-refractivity contribution >= 4 is 10.9 Å². The summed E-state index contributed by atoms with van der Waals surface area (Å²) in [7, 11) is 0. The summed E-state index contributed by atoms with van der Waals surface area (Å²) in [6.45, 7) is 0.997. The molecular weight excluding hydrogens is 206 g/mol. The van der Waals surface area contributed by atoms with Gasteiger partial charge in [0.2, 0.25) is 0 Å². The van der Waals surface area contributed by atoms with Gasteiger partial charge in [0.05, 0.1) is 5.52 Å². The third-order valence-electron chi connectivity index (χ3n) is 3.71. The van der Waals surface area contributed by atoms with Crippen molar-refractivity contribution < 1.29 is 0 Å². The number of hydrogen-bond donors (Lipinski definition) is 0. The summed E-state index contributed by atoms with van der Waals surface area (Å²) in [6, 6.07) is 17.6. The molecule has 3 aromatic rings. The molecule has 0 bridgehead atoms. The average molecular weight is 219 g/mol. The molecule has 0 radical (unpaired) electrons. The maximum Gasteiger partial charge on any atom is 0.0519 e. The Balaban J connectivity index is 2.06. The van der Waals surface area contributed by atoms with E-state index in [1.54, 1.807) is 0 Å². The summed E-state index contributed by atoms with van der Waals surface area (Å²) in [6.07, 6.45) is 3.26. The van der Waals surface area contributed by atoms with Crippen molar-refractivity contribution in [3.8, 4) is 0 Å². The molecule has 0 saturated heterocycles. The van der Waals surface area contributed by atoms with Crippen LogP contribution in [0.15, 0.2) is 54.7 Å². The first-order valence-corrected chi connectivity index (χ1v) is 6.05. The van der Waals surface area contributed by atoms with Gasteiger partial charge in [-0.2, -0.15) is 0 Å². The minimum absolute atomic E-state index is 0.997. The Kier molecular flexibility index (Phi) is 1.72. The number of aromatic nitrogens is 1. The second-order valence-corrected chi connectivity index (χ2v) is 4.74. The zero-order valence-corrected chi connectivity index (χ0v) is 9.56. The fraction of sp³-hybridized carbons (Fsp3) is 0.125. The summed E-state index contributed by atoms with van der Waals surface area (Å²) in [5, 5.41) is 1.36. The molecule has 1 aliphatic heterocycles. The first-order chi connectivity index (χ1) is 8.42. The highest BCUT2D eigenvalue weighted by atomic mass is 15.0. The van der Waals surface area contributed by atoms with Gasteiger partial charge in [0.25, 0.3) is 0 Å². The number of rotatable bonds is 0. The fourth-order valence-electron chi connectivity index (χ4n) is 2.89. The lowest BCUT2D eigenvalue weighted by Gasteiger charge is -2.05. The van der Waals surface area contributed by atoms with Gasteiger partial charge in [0.15, 0.2) is 0 Å². The van der Waals surface area contributed by atoms with E-state index in [1.165, 1.54) is 27.6 Å². The molecule has 1 nitrogen and oxygen atoms in total. The molecule has 0 amide bonds. The lowest BCUT2D eigenvalue weighted by molar-refractivity contribution is 0.837. The van der Waals surface area contributed by atoms with E-state index in [4.69, 9.17) is 0 Å². The molecule has 0 fully saturated rings. The van der Waals surface area contributed by atoms with Gasteiger partial charge in [-0.15, -0.1) is 0 Å². The van der Waals surface area contributed by atoms with Gasteiger partial charge >= 0.3 is 0 Å². The maximum atomic E-state index is 2.37. The van der Waals surface area contributed by atoms with E-state index in [2.05, 4.69) is 59.3 Å². The van der Waals surface area contributed by atoms with Crippen LogP contribution in [0.4, 0.5) is 0 Å². The van der Waals surface area contributed by atoms with Gasteiger partial charge in [-0.1, -0.05) is 42.5 Å². The predicted octanol–water partition coefficient (Wildman–Crippen LogP) is 3.59. The summed E-state index contributed by atoms with van der Waals surface area (Å²) in [5.74, 6) is 0. The van der Waals surface area contributed by atoms with Gasteiger partial charge in [-0.3, -0.25) is 0 Å². The molecule has 2 aromatic carbocycles. The van der Waals surface area contributed by atoms with Crippen LogP contribution < -0.4 is 0 Å². The molecule has 4 rings (SSSR count). The summed E-state index contributed by atoms with van der Waals surface area (Å²) < 4.78 is 2.37. The first-order valence-electron chi connectivity index (χ1n) is 6.05. The van der Waals surface area contributed by atoms with Gasteiger partial charge < -0.3 is 4.57 Å². The Morgan fingerprint density at radius 3 is 2.53 bits per heavy atom. The van der Waals surface area contributed by atoms with Crippen LogP contribution in [0.25, 0.3) is 10.9 Å². The van der Waals surface area contributed by atoms with Crippen molar-refractivity contribution in [2.24, 2.45) is 0 Å². The number of para-hydroxylation sites is 1. The van der Waals surface area contributed by atoms with Gasteiger partial charge in [0, 0.05) is 12.7 Å². The Hall–Kier alpha value is -2.02. The van der Waals surface area contributed by atoms with Gasteiger partial charge in [-0.05, 0) is 34.6 Å². The van der Waals surface area contributed by atoms with Crippen LogP contribution in [0.5, 0.6) is 0 Å². The quantitative estimate of drug-likeness (QED) is 0.426. The Morgan fingerprint density at radius 2 is 1.59 bits per heavy atom.